The van der Waals surface area contributed by atoms with Crippen LogP contribution in [0.2, 0.25) is 5.02 Å². The fourth-order valence-corrected chi connectivity index (χ4v) is 3.17. The first-order chi connectivity index (χ1) is 9.01. The zero-order chi connectivity index (χ0) is 14.0. The van der Waals surface area contributed by atoms with Crippen molar-refractivity contribution in [3.63, 3.8) is 0 Å². The Balaban J connectivity index is 2.17. The Kier molecular flexibility index (Phi) is 4.63. The number of hydrogen-bond donors (Lipinski definition) is 0. The molecule has 1 atom stereocenters. The van der Waals surface area contributed by atoms with E-state index >= 15 is 0 Å². The van der Waals surface area contributed by atoms with E-state index < -0.39 is 0 Å². The lowest BCUT2D eigenvalue weighted by Gasteiger charge is -2.31. The van der Waals surface area contributed by atoms with Crippen molar-refractivity contribution in [2.24, 2.45) is 5.92 Å². The summed E-state index contributed by atoms with van der Waals surface area (Å²) in [5, 5.41) is 0.526. The molecule has 1 saturated heterocycles. The molecule has 1 aliphatic rings. The van der Waals surface area contributed by atoms with Crippen molar-refractivity contribution in [1.29, 1.82) is 0 Å². The first-order valence-corrected chi connectivity index (χ1v) is 7.46. The highest BCUT2D eigenvalue weighted by Crippen LogP contribution is 2.23. The van der Waals surface area contributed by atoms with Crippen LogP contribution in [0.15, 0.2) is 22.7 Å². The molecule has 1 fully saturated rings. The first kappa shape index (κ1) is 14.5. The van der Waals surface area contributed by atoms with Crippen LogP contribution in [0.4, 0.5) is 0 Å². The summed E-state index contributed by atoms with van der Waals surface area (Å²) >= 11 is 9.29. The van der Waals surface area contributed by atoms with Crippen molar-refractivity contribution < 1.29 is 9.59 Å². The molecule has 2 rings (SSSR count). The third kappa shape index (κ3) is 3.37. The number of Topliss-reactive ketones (excluding diaryl/α,β-unsaturated/α-hetero) is 1. The SMILES string of the molecule is CCC1CN(C(=O)c2cc(Cl)cc(Br)c2)CCC1=O. The van der Waals surface area contributed by atoms with Gasteiger partial charge in [0.25, 0.3) is 5.91 Å². The van der Waals surface area contributed by atoms with Crippen LogP contribution in [-0.2, 0) is 4.79 Å². The molecule has 3 nitrogen and oxygen atoms in total. The molecule has 0 saturated carbocycles. The van der Waals surface area contributed by atoms with Gasteiger partial charge in [-0.05, 0) is 24.6 Å². The molecule has 0 radical (unpaired) electrons. The van der Waals surface area contributed by atoms with Crippen molar-refractivity contribution in [2.75, 3.05) is 13.1 Å². The molecule has 0 bridgehead atoms. The topological polar surface area (TPSA) is 37.4 Å². The van der Waals surface area contributed by atoms with Crippen molar-refractivity contribution in [1.82, 2.24) is 4.90 Å². The van der Waals surface area contributed by atoms with E-state index in [0.29, 0.717) is 30.1 Å². The lowest BCUT2D eigenvalue weighted by Crippen LogP contribution is -2.43. The molecule has 0 aliphatic carbocycles. The van der Waals surface area contributed by atoms with E-state index in [-0.39, 0.29) is 17.6 Å². The summed E-state index contributed by atoms with van der Waals surface area (Å²) in [5.74, 6) is 0.174. The average molecular weight is 345 g/mol. The Morgan fingerprint density at radius 2 is 2.21 bits per heavy atom. The maximum atomic E-state index is 12.4. The number of likely N-dealkylation sites (tertiary alicyclic amines) is 1. The molecular formula is C14H15BrClNO2. The van der Waals surface area contributed by atoms with Crippen LogP contribution in [-0.4, -0.2) is 29.7 Å². The molecule has 1 aromatic carbocycles. The second-order valence-electron chi connectivity index (χ2n) is 4.73. The highest BCUT2D eigenvalue weighted by atomic mass is 79.9. The quantitative estimate of drug-likeness (QED) is 0.823. The van der Waals surface area contributed by atoms with Crippen LogP contribution in [0.3, 0.4) is 0 Å². The van der Waals surface area contributed by atoms with E-state index in [4.69, 9.17) is 11.6 Å². The predicted molar refractivity (Wildman–Crippen MR) is 78.5 cm³/mol. The third-order valence-electron chi connectivity index (χ3n) is 3.41. The number of carbonyl (C=O) groups excluding carboxylic acids is 2. The van der Waals surface area contributed by atoms with Gasteiger partial charge < -0.3 is 4.90 Å². The van der Waals surface area contributed by atoms with Gasteiger partial charge in [-0.15, -0.1) is 0 Å². The molecule has 19 heavy (non-hydrogen) atoms. The highest BCUT2D eigenvalue weighted by Gasteiger charge is 2.29. The summed E-state index contributed by atoms with van der Waals surface area (Å²) in [4.78, 5) is 25.8. The zero-order valence-electron chi connectivity index (χ0n) is 10.7. The van der Waals surface area contributed by atoms with Crippen molar-refractivity contribution in [3.8, 4) is 0 Å². The van der Waals surface area contributed by atoms with Crippen molar-refractivity contribution in [2.45, 2.75) is 19.8 Å². The fraction of sp³-hybridized carbons (Fsp3) is 0.429. The molecule has 1 heterocycles. The molecule has 1 aliphatic heterocycles. The van der Waals surface area contributed by atoms with Crippen LogP contribution in [0, 0.1) is 5.92 Å². The normalized spacial score (nSPS) is 19.6. The Bertz CT molecular complexity index is 498. The Morgan fingerprint density at radius 3 is 2.84 bits per heavy atom. The Hall–Kier alpha value is -0.870. The molecule has 5 heteroatoms. The van der Waals surface area contributed by atoms with Crippen LogP contribution >= 0.6 is 27.5 Å². The van der Waals surface area contributed by atoms with Crippen molar-refractivity contribution >= 4 is 39.2 Å². The molecule has 102 valence electrons. The molecule has 1 amide bonds. The van der Waals surface area contributed by atoms with E-state index in [1.54, 1.807) is 23.1 Å². The highest BCUT2D eigenvalue weighted by molar-refractivity contribution is 9.10. The molecule has 0 aromatic heterocycles. The molecule has 1 aromatic rings. The summed E-state index contributed by atoms with van der Waals surface area (Å²) in [6.45, 7) is 2.99. The number of hydrogen-bond acceptors (Lipinski definition) is 2. The zero-order valence-corrected chi connectivity index (χ0v) is 13.0. The second kappa shape index (κ2) is 6.06. The predicted octanol–water partition coefficient (Wildman–Crippen LogP) is 3.54. The molecule has 0 N–H and O–H groups in total. The molecule has 0 spiro atoms. The minimum Gasteiger partial charge on any atom is -0.337 e. The van der Waals surface area contributed by atoms with E-state index in [0.717, 1.165) is 10.9 Å². The van der Waals surface area contributed by atoms with E-state index in [9.17, 15) is 9.59 Å². The number of halogens is 2. The second-order valence-corrected chi connectivity index (χ2v) is 6.08. The van der Waals surface area contributed by atoms with E-state index in [1.807, 2.05) is 6.92 Å². The molecule has 1 unspecified atom stereocenters. The Morgan fingerprint density at radius 1 is 1.47 bits per heavy atom. The van der Waals surface area contributed by atoms with Gasteiger partial charge in [0.1, 0.15) is 5.78 Å². The number of carbonyl (C=O) groups is 2. The number of amides is 1. The van der Waals surface area contributed by atoms with Gasteiger partial charge in [0.2, 0.25) is 0 Å². The minimum atomic E-state index is -0.0610. The number of piperidine rings is 1. The summed E-state index contributed by atoms with van der Waals surface area (Å²) < 4.78 is 0.781. The van der Waals surface area contributed by atoms with Gasteiger partial charge in [0.05, 0.1) is 0 Å². The lowest BCUT2D eigenvalue weighted by molar-refractivity contribution is -0.125. The minimum absolute atomic E-state index is 0.0275. The van der Waals surface area contributed by atoms with Crippen LogP contribution in [0.1, 0.15) is 30.1 Å². The Labute approximate surface area is 126 Å². The lowest BCUT2D eigenvalue weighted by atomic mass is 9.93. The third-order valence-corrected chi connectivity index (χ3v) is 4.09. The maximum Gasteiger partial charge on any atom is 0.253 e. The molecular weight excluding hydrogens is 330 g/mol. The average Bonchev–Trinajstić information content (AvgIpc) is 2.37. The standard InChI is InChI=1S/C14H15BrClNO2/c1-2-9-8-17(4-3-13(9)18)14(19)10-5-11(15)7-12(16)6-10/h5-7,9H,2-4,8H2,1H3. The van der Waals surface area contributed by atoms with Crippen LogP contribution in [0.5, 0.6) is 0 Å². The van der Waals surface area contributed by atoms with E-state index in [1.165, 1.54) is 0 Å². The van der Waals surface area contributed by atoms with Crippen LogP contribution in [0.25, 0.3) is 0 Å². The first-order valence-electron chi connectivity index (χ1n) is 6.29. The smallest absolute Gasteiger partial charge is 0.253 e. The number of benzene rings is 1. The number of rotatable bonds is 2. The summed E-state index contributed by atoms with van der Waals surface area (Å²) in [6, 6.07) is 5.16. The number of nitrogens with zero attached hydrogens (tertiary/aromatic N) is 1. The van der Waals surface area contributed by atoms with Gasteiger partial charge in [-0.1, -0.05) is 34.5 Å². The van der Waals surface area contributed by atoms with Gasteiger partial charge in [0, 0.05) is 40.5 Å². The fourth-order valence-electron chi connectivity index (χ4n) is 2.31. The van der Waals surface area contributed by atoms with Gasteiger partial charge in [0.15, 0.2) is 0 Å². The van der Waals surface area contributed by atoms with E-state index in [2.05, 4.69) is 15.9 Å². The summed E-state index contributed by atoms with van der Waals surface area (Å²) in [7, 11) is 0. The van der Waals surface area contributed by atoms with Crippen molar-refractivity contribution in [3.05, 3.63) is 33.3 Å². The van der Waals surface area contributed by atoms with Gasteiger partial charge in [-0.25, -0.2) is 0 Å². The van der Waals surface area contributed by atoms with Crippen LogP contribution < -0.4 is 0 Å². The summed E-state index contributed by atoms with van der Waals surface area (Å²) in [6.07, 6.45) is 1.23. The summed E-state index contributed by atoms with van der Waals surface area (Å²) in [5.41, 5.74) is 0.559. The number of ketones is 1. The van der Waals surface area contributed by atoms with Gasteiger partial charge >= 0.3 is 0 Å². The van der Waals surface area contributed by atoms with Gasteiger partial charge in [-0.2, -0.15) is 0 Å². The van der Waals surface area contributed by atoms with Gasteiger partial charge in [-0.3, -0.25) is 9.59 Å². The maximum absolute atomic E-state index is 12.4. The largest absolute Gasteiger partial charge is 0.337 e. The monoisotopic (exact) mass is 343 g/mol.